The van der Waals surface area contributed by atoms with Crippen molar-refractivity contribution in [2.24, 2.45) is 0 Å². The van der Waals surface area contributed by atoms with Crippen molar-refractivity contribution in [2.75, 3.05) is 17.3 Å². The average Bonchev–Trinajstić information content (AvgIpc) is 3.21. The molecule has 3 aromatic rings. The lowest BCUT2D eigenvalue weighted by molar-refractivity contribution is -0.128. The molecular formula is C19H19F2N7O. The van der Waals surface area contributed by atoms with E-state index in [4.69, 9.17) is 0 Å². The van der Waals surface area contributed by atoms with Crippen molar-refractivity contribution in [3.8, 4) is 0 Å². The number of fused-ring (bicyclic) bond motifs is 3. The molecule has 1 fully saturated rings. The van der Waals surface area contributed by atoms with Gasteiger partial charge in [-0.2, -0.15) is 5.10 Å². The number of carbonyl (C=O) groups is 1. The minimum atomic E-state index is -2.73. The molecule has 2 aliphatic rings. The van der Waals surface area contributed by atoms with E-state index in [1.165, 1.54) is 11.2 Å². The molecule has 0 aromatic carbocycles. The molecule has 0 bridgehead atoms. The third-order valence-electron chi connectivity index (χ3n) is 6.00. The van der Waals surface area contributed by atoms with Crippen molar-refractivity contribution in [3.05, 3.63) is 36.0 Å². The summed E-state index contributed by atoms with van der Waals surface area (Å²) < 4.78 is 29.2. The smallest absolute Gasteiger partial charge is 0.248 e. The zero-order valence-electron chi connectivity index (χ0n) is 16.0. The van der Waals surface area contributed by atoms with Crippen molar-refractivity contribution in [3.63, 3.8) is 0 Å². The van der Waals surface area contributed by atoms with Crippen LogP contribution in [0, 0.1) is 6.92 Å². The van der Waals surface area contributed by atoms with Crippen LogP contribution in [-0.2, 0) is 10.2 Å². The maximum absolute atomic E-state index is 13.8. The third-order valence-corrected chi connectivity index (χ3v) is 6.00. The Morgan fingerprint density at radius 3 is 2.69 bits per heavy atom. The summed E-state index contributed by atoms with van der Waals surface area (Å²) >= 11 is 0. The van der Waals surface area contributed by atoms with Crippen LogP contribution in [0.25, 0.3) is 5.65 Å². The number of halogens is 2. The van der Waals surface area contributed by atoms with E-state index in [0.717, 1.165) is 16.9 Å². The Balaban J connectivity index is 1.53. The molecule has 0 radical (unpaired) electrons. The molecule has 5 rings (SSSR count). The fraction of sp³-hybridized carbons (Fsp3) is 0.421. The highest BCUT2D eigenvalue weighted by atomic mass is 19.3. The Labute approximate surface area is 165 Å². The molecular weight excluding hydrogens is 380 g/mol. The molecule has 8 nitrogen and oxygen atoms in total. The minimum absolute atomic E-state index is 0.0799. The largest absolute Gasteiger partial charge is 0.323 e. The van der Waals surface area contributed by atoms with E-state index in [1.807, 2.05) is 13.0 Å². The zero-order valence-corrected chi connectivity index (χ0v) is 16.0. The van der Waals surface area contributed by atoms with Gasteiger partial charge < -0.3 is 10.2 Å². The van der Waals surface area contributed by atoms with Crippen molar-refractivity contribution < 1.29 is 13.6 Å². The number of hydrogen-bond acceptors (Lipinski definition) is 6. The van der Waals surface area contributed by atoms with Crippen LogP contribution in [0.1, 0.15) is 36.9 Å². The van der Waals surface area contributed by atoms with Gasteiger partial charge in [-0.05, 0) is 31.4 Å². The van der Waals surface area contributed by atoms with Crippen LogP contribution in [0.2, 0.25) is 0 Å². The topological polar surface area (TPSA) is 88.3 Å². The van der Waals surface area contributed by atoms with Gasteiger partial charge in [0, 0.05) is 19.9 Å². The number of nitrogens with one attached hydrogen (secondary N) is 1. The van der Waals surface area contributed by atoms with Crippen molar-refractivity contribution in [2.45, 2.75) is 43.9 Å². The van der Waals surface area contributed by atoms with Crippen LogP contribution in [-0.4, -0.2) is 43.4 Å². The first-order valence-corrected chi connectivity index (χ1v) is 9.40. The van der Waals surface area contributed by atoms with E-state index >= 15 is 0 Å². The first kappa shape index (κ1) is 17.9. The number of pyridine rings is 1. The van der Waals surface area contributed by atoms with Gasteiger partial charge in [-0.3, -0.25) is 4.79 Å². The summed E-state index contributed by atoms with van der Waals surface area (Å²) in [7, 11) is 1.64. The van der Waals surface area contributed by atoms with Crippen LogP contribution in [0.15, 0.2) is 24.8 Å². The first-order chi connectivity index (χ1) is 13.8. The molecule has 0 saturated heterocycles. The second kappa shape index (κ2) is 5.91. The quantitative estimate of drug-likeness (QED) is 0.713. The van der Waals surface area contributed by atoms with Gasteiger partial charge in [-0.1, -0.05) is 0 Å². The van der Waals surface area contributed by atoms with Crippen LogP contribution in [0.4, 0.5) is 26.1 Å². The summed E-state index contributed by atoms with van der Waals surface area (Å²) in [5.74, 6) is -2.61. The number of anilines is 3. The Morgan fingerprint density at radius 2 is 1.93 bits per heavy atom. The van der Waals surface area contributed by atoms with Crippen molar-refractivity contribution in [1.82, 2.24) is 24.6 Å². The Kier molecular flexibility index (Phi) is 3.65. The summed E-state index contributed by atoms with van der Waals surface area (Å²) in [5, 5.41) is 7.29. The summed E-state index contributed by atoms with van der Waals surface area (Å²) in [6, 6.07) is 1.88. The van der Waals surface area contributed by atoms with Crippen molar-refractivity contribution >= 4 is 28.9 Å². The molecule has 1 aliphatic heterocycles. The third kappa shape index (κ3) is 2.65. The van der Waals surface area contributed by atoms with Gasteiger partial charge in [0.05, 0.1) is 34.9 Å². The lowest BCUT2D eigenvalue weighted by atomic mass is 9.71. The van der Waals surface area contributed by atoms with Crippen LogP contribution < -0.4 is 10.2 Å². The lowest BCUT2D eigenvalue weighted by Gasteiger charge is -2.35. The second-order valence-electron chi connectivity index (χ2n) is 7.79. The number of amides is 1. The van der Waals surface area contributed by atoms with Gasteiger partial charge in [0.2, 0.25) is 17.8 Å². The predicted octanol–water partition coefficient (Wildman–Crippen LogP) is 2.99. The SMILES string of the molecule is Cc1cc2ncnn2cc1Nc1ncc2c(n1)C1(CCC(F)(F)CC1)C(=O)N2C. The maximum atomic E-state index is 13.8. The number of nitrogens with zero attached hydrogens (tertiary/aromatic N) is 6. The molecule has 150 valence electrons. The van der Waals surface area contributed by atoms with Crippen LogP contribution in [0.5, 0.6) is 0 Å². The molecule has 1 amide bonds. The monoisotopic (exact) mass is 399 g/mol. The highest BCUT2D eigenvalue weighted by molar-refractivity contribution is 6.07. The van der Waals surface area contributed by atoms with E-state index in [0.29, 0.717) is 17.3 Å². The highest BCUT2D eigenvalue weighted by Gasteiger charge is 2.56. The molecule has 1 N–H and O–H groups in total. The Morgan fingerprint density at radius 1 is 1.17 bits per heavy atom. The summed E-state index contributed by atoms with van der Waals surface area (Å²) in [5.41, 5.74) is 2.49. The lowest BCUT2D eigenvalue weighted by Crippen LogP contribution is -2.44. The molecule has 1 saturated carbocycles. The summed E-state index contributed by atoms with van der Waals surface area (Å²) in [4.78, 5) is 27.5. The number of aromatic nitrogens is 5. The molecule has 1 aliphatic carbocycles. The molecule has 0 unspecified atom stereocenters. The van der Waals surface area contributed by atoms with Gasteiger partial charge in [-0.25, -0.2) is 28.2 Å². The second-order valence-corrected chi connectivity index (χ2v) is 7.79. The molecule has 3 aromatic heterocycles. The number of aryl methyl sites for hydroxylation is 1. The van der Waals surface area contributed by atoms with Gasteiger partial charge >= 0.3 is 0 Å². The fourth-order valence-corrected chi connectivity index (χ4v) is 4.27. The summed E-state index contributed by atoms with van der Waals surface area (Å²) in [6.07, 6.45) is 4.35. The molecule has 1 spiro atoms. The van der Waals surface area contributed by atoms with Gasteiger partial charge in [-0.15, -0.1) is 0 Å². The van der Waals surface area contributed by atoms with E-state index in [1.54, 1.807) is 24.0 Å². The number of likely N-dealkylation sites (N-methyl/N-ethyl adjacent to an activating group) is 1. The van der Waals surface area contributed by atoms with E-state index in [9.17, 15) is 13.6 Å². The number of carbonyl (C=O) groups excluding carboxylic acids is 1. The molecule has 0 atom stereocenters. The number of rotatable bonds is 2. The number of alkyl halides is 2. The van der Waals surface area contributed by atoms with E-state index in [2.05, 4.69) is 25.4 Å². The van der Waals surface area contributed by atoms with Gasteiger partial charge in [0.15, 0.2) is 5.65 Å². The maximum Gasteiger partial charge on any atom is 0.248 e. The Hall–Kier alpha value is -3.17. The molecule has 4 heterocycles. The fourth-order valence-electron chi connectivity index (χ4n) is 4.27. The molecule has 10 heteroatoms. The zero-order chi connectivity index (χ0) is 20.4. The van der Waals surface area contributed by atoms with Crippen LogP contribution in [0.3, 0.4) is 0 Å². The van der Waals surface area contributed by atoms with E-state index < -0.39 is 11.3 Å². The standard InChI is InChI=1S/C19H19F2N7O/c1-11-7-14-23-10-24-28(14)9-12(11)25-17-22-8-13-15(26-17)18(16(29)27(13)2)3-5-19(20,21)6-4-18/h7-10H,3-6H2,1-2H3,(H,22,25,26). The normalized spacial score (nSPS) is 19.7. The van der Waals surface area contributed by atoms with E-state index in [-0.39, 0.29) is 31.6 Å². The predicted molar refractivity (Wildman–Crippen MR) is 102 cm³/mol. The van der Waals surface area contributed by atoms with Gasteiger partial charge in [0.25, 0.3) is 0 Å². The van der Waals surface area contributed by atoms with Gasteiger partial charge in [0.1, 0.15) is 6.33 Å². The summed E-state index contributed by atoms with van der Waals surface area (Å²) in [6.45, 7) is 1.92. The first-order valence-electron chi connectivity index (χ1n) is 9.40. The molecule has 29 heavy (non-hydrogen) atoms. The Bertz CT molecular complexity index is 1130. The van der Waals surface area contributed by atoms with Crippen LogP contribution >= 0.6 is 0 Å². The minimum Gasteiger partial charge on any atom is -0.323 e. The highest BCUT2D eigenvalue weighted by Crippen LogP contribution is 2.51. The average molecular weight is 399 g/mol. The number of hydrogen-bond donors (Lipinski definition) is 1. The van der Waals surface area contributed by atoms with Crippen molar-refractivity contribution in [1.29, 1.82) is 0 Å².